The van der Waals surface area contributed by atoms with E-state index >= 15 is 0 Å². The molecule has 1 aromatic carbocycles. The number of nitrogens with zero attached hydrogens (tertiary/aromatic N) is 1. The summed E-state index contributed by atoms with van der Waals surface area (Å²) in [5.74, 6) is -0.559. The molecule has 0 radical (unpaired) electrons. The number of amides is 1. The summed E-state index contributed by atoms with van der Waals surface area (Å²) in [6.45, 7) is 3.21. The molecule has 0 aliphatic carbocycles. The summed E-state index contributed by atoms with van der Waals surface area (Å²) in [6, 6.07) is 4.73. The van der Waals surface area contributed by atoms with Gasteiger partial charge in [0.25, 0.3) is 5.91 Å². The van der Waals surface area contributed by atoms with E-state index in [1.54, 1.807) is 12.1 Å². The average molecular weight is 315 g/mol. The molecule has 0 aromatic heterocycles. The molecule has 6 heteroatoms. The monoisotopic (exact) mass is 315 g/mol. The first-order valence-electron chi connectivity index (χ1n) is 7.30. The first-order chi connectivity index (χ1) is 10.3. The third kappa shape index (κ3) is 4.47. The molecular formula is C16H20F3NO2. The second kappa shape index (κ2) is 6.69. The molecule has 1 amide bonds. The van der Waals surface area contributed by atoms with Gasteiger partial charge in [-0.2, -0.15) is 13.2 Å². The Kier molecular flexibility index (Phi) is 5.11. The molecule has 0 N–H and O–H groups in total. The van der Waals surface area contributed by atoms with E-state index in [1.807, 2.05) is 19.9 Å². The van der Waals surface area contributed by atoms with Crippen molar-refractivity contribution < 1.29 is 22.7 Å². The van der Waals surface area contributed by atoms with Crippen LogP contribution in [-0.4, -0.2) is 42.8 Å². The minimum atomic E-state index is -4.41. The fourth-order valence-electron chi connectivity index (χ4n) is 2.82. The highest BCUT2D eigenvalue weighted by Gasteiger charge is 2.37. The van der Waals surface area contributed by atoms with Crippen LogP contribution >= 0.6 is 0 Å². The van der Waals surface area contributed by atoms with Gasteiger partial charge in [0.2, 0.25) is 0 Å². The fourth-order valence-corrected chi connectivity index (χ4v) is 2.82. The Bertz CT molecular complexity index is 516. The van der Waals surface area contributed by atoms with E-state index in [4.69, 9.17) is 4.74 Å². The van der Waals surface area contributed by atoms with E-state index in [-0.39, 0.29) is 0 Å². The van der Waals surface area contributed by atoms with Crippen LogP contribution in [0.5, 0.6) is 0 Å². The number of halogens is 3. The number of hydrogen-bond acceptors (Lipinski definition) is 2. The predicted octanol–water partition coefficient (Wildman–Crippen LogP) is 3.49. The van der Waals surface area contributed by atoms with Crippen LogP contribution in [0.2, 0.25) is 0 Å². The maximum absolute atomic E-state index is 12.9. The summed E-state index contributed by atoms with van der Waals surface area (Å²) in [5, 5.41) is 0. The smallest absolute Gasteiger partial charge is 0.381 e. The van der Waals surface area contributed by atoms with Crippen LogP contribution in [-0.2, 0) is 4.74 Å². The zero-order valence-corrected chi connectivity index (χ0v) is 12.7. The van der Waals surface area contributed by atoms with E-state index in [9.17, 15) is 18.0 Å². The molecule has 0 atom stereocenters. The SMILES string of the molecule is Cc1cc(C)cc(C(=O)N(CC(F)(F)F)C2CCOCC2)c1. The summed E-state index contributed by atoms with van der Waals surface area (Å²) < 4.78 is 43.8. The lowest BCUT2D eigenvalue weighted by Gasteiger charge is -2.35. The van der Waals surface area contributed by atoms with Crippen molar-refractivity contribution in [1.29, 1.82) is 0 Å². The number of alkyl halides is 3. The maximum atomic E-state index is 12.9. The van der Waals surface area contributed by atoms with Crippen molar-refractivity contribution in [3.05, 3.63) is 34.9 Å². The molecule has 2 rings (SSSR count). The highest BCUT2D eigenvalue weighted by atomic mass is 19.4. The van der Waals surface area contributed by atoms with Crippen LogP contribution in [0.4, 0.5) is 13.2 Å². The van der Waals surface area contributed by atoms with Gasteiger partial charge in [0.15, 0.2) is 0 Å². The lowest BCUT2D eigenvalue weighted by molar-refractivity contribution is -0.147. The van der Waals surface area contributed by atoms with E-state index in [0.29, 0.717) is 31.6 Å². The number of benzene rings is 1. The summed E-state index contributed by atoms with van der Waals surface area (Å²) in [6.07, 6.45) is -3.54. The van der Waals surface area contributed by atoms with Crippen LogP contribution < -0.4 is 0 Å². The van der Waals surface area contributed by atoms with Gasteiger partial charge >= 0.3 is 6.18 Å². The Balaban J connectivity index is 2.28. The van der Waals surface area contributed by atoms with Crippen molar-refractivity contribution in [1.82, 2.24) is 4.90 Å². The van der Waals surface area contributed by atoms with Crippen molar-refractivity contribution >= 4 is 5.91 Å². The standard InChI is InChI=1S/C16H20F3NO2/c1-11-7-12(2)9-13(8-11)15(21)20(10-16(17,18)19)14-3-5-22-6-4-14/h7-9,14H,3-6,10H2,1-2H3. The van der Waals surface area contributed by atoms with Crippen LogP contribution in [0.1, 0.15) is 34.3 Å². The van der Waals surface area contributed by atoms with Gasteiger partial charge in [-0.1, -0.05) is 17.2 Å². The van der Waals surface area contributed by atoms with Gasteiger partial charge in [-0.25, -0.2) is 0 Å². The lowest BCUT2D eigenvalue weighted by Crippen LogP contribution is -2.47. The largest absolute Gasteiger partial charge is 0.406 e. The zero-order valence-electron chi connectivity index (χ0n) is 12.7. The Morgan fingerprint density at radius 3 is 2.23 bits per heavy atom. The first kappa shape index (κ1) is 16.8. The van der Waals surface area contributed by atoms with Crippen molar-refractivity contribution in [2.45, 2.75) is 38.9 Å². The van der Waals surface area contributed by atoms with Crippen LogP contribution in [0.15, 0.2) is 18.2 Å². The summed E-state index contributed by atoms with van der Waals surface area (Å²) >= 11 is 0. The van der Waals surface area contributed by atoms with Gasteiger partial charge in [-0.15, -0.1) is 0 Å². The molecule has 22 heavy (non-hydrogen) atoms. The van der Waals surface area contributed by atoms with Gasteiger partial charge in [0.1, 0.15) is 6.54 Å². The summed E-state index contributed by atoms with van der Waals surface area (Å²) in [7, 11) is 0. The summed E-state index contributed by atoms with van der Waals surface area (Å²) in [4.78, 5) is 13.6. The number of rotatable bonds is 3. The number of carbonyl (C=O) groups is 1. The molecule has 3 nitrogen and oxygen atoms in total. The predicted molar refractivity (Wildman–Crippen MR) is 76.8 cm³/mol. The fraction of sp³-hybridized carbons (Fsp3) is 0.562. The molecule has 1 fully saturated rings. The van der Waals surface area contributed by atoms with E-state index < -0.39 is 24.7 Å². The third-order valence-electron chi connectivity index (χ3n) is 3.71. The molecule has 122 valence electrons. The minimum absolute atomic E-state index is 0.313. The van der Waals surface area contributed by atoms with Gasteiger partial charge < -0.3 is 9.64 Å². The van der Waals surface area contributed by atoms with Crippen molar-refractivity contribution in [3.63, 3.8) is 0 Å². The molecule has 0 bridgehead atoms. The molecule has 0 spiro atoms. The van der Waals surface area contributed by atoms with E-state index in [2.05, 4.69) is 0 Å². The highest BCUT2D eigenvalue weighted by Crippen LogP contribution is 2.24. The molecule has 1 aliphatic rings. The average Bonchev–Trinajstić information content (AvgIpc) is 2.43. The van der Waals surface area contributed by atoms with E-state index in [1.165, 1.54) is 0 Å². The Hall–Kier alpha value is -1.56. The molecule has 0 unspecified atom stereocenters. The minimum Gasteiger partial charge on any atom is -0.381 e. The van der Waals surface area contributed by atoms with Gasteiger partial charge in [0, 0.05) is 24.8 Å². The quantitative estimate of drug-likeness (QED) is 0.854. The summed E-state index contributed by atoms with van der Waals surface area (Å²) in [5.41, 5.74) is 2.04. The first-order valence-corrected chi connectivity index (χ1v) is 7.30. The normalized spacial score (nSPS) is 16.6. The Labute approximate surface area is 128 Å². The van der Waals surface area contributed by atoms with Gasteiger partial charge in [-0.3, -0.25) is 4.79 Å². The van der Waals surface area contributed by atoms with Crippen LogP contribution in [0.3, 0.4) is 0 Å². The van der Waals surface area contributed by atoms with E-state index in [0.717, 1.165) is 16.0 Å². The second-order valence-electron chi connectivity index (χ2n) is 5.77. The molecular weight excluding hydrogens is 295 g/mol. The zero-order chi connectivity index (χ0) is 16.3. The molecule has 0 saturated carbocycles. The van der Waals surface area contributed by atoms with Gasteiger partial charge in [-0.05, 0) is 38.8 Å². The van der Waals surface area contributed by atoms with Crippen molar-refractivity contribution in [2.24, 2.45) is 0 Å². The lowest BCUT2D eigenvalue weighted by atomic mass is 10.0. The topological polar surface area (TPSA) is 29.5 Å². The Morgan fingerprint density at radius 1 is 1.18 bits per heavy atom. The molecule has 1 saturated heterocycles. The molecule has 1 aromatic rings. The highest BCUT2D eigenvalue weighted by molar-refractivity contribution is 5.95. The van der Waals surface area contributed by atoms with Crippen molar-refractivity contribution in [3.8, 4) is 0 Å². The third-order valence-corrected chi connectivity index (χ3v) is 3.71. The number of hydrogen-bond donors (Lipinski definition) is 0. The van der Waals surface area contributed by atoms with Crippen LogP contribution in [0, 0.1) is 13.8 Å². The molecule has 1 heterocycles. The van der Waals surface area contributed by atoms with Gasteiger partial charge in [0.05, 0.1) is 0 Å². The number of carbonyl (C=O) groups excluding carboxylic acids is 1. The maximum Gasteiger partial charge on any atom is 0.406 e. The van der Waals surface area contributed by atoms with Crippen molar-refractivity contribution in [2.75, 3.05) is 19.8 Å². The Morgan fingerprint density at radius 2 is 1.73 bits per heavy atom. The molecule has 1 aliphatic heterocycles. The second-order valence-corrected chi connectivity index (χ2v) is 5.77. The number of ether oxygens (including phenoxy) is 1. The number of aryl methyl sites for hydroxylation is 2. The van der Waals surface area contributed by atoms with Crippen LogP contribution in [0.25, 0.3) is 0 Å².